The normalized spacial score (nSPS) is 21.6. The Hall–Kier alpha value is -0.870. The highest BCUT2D eigenvalue weighted by molar-refractivity contribution is 5.15. The highest BCUT2D eigenvalue weighted by atomic mass is 16.5. The maximum absolute atomic E-state index is 10.1. The molecule has 0 saturated heterocycles. The molecular weight excluding hydrogens is 180 g/mol. The van der Waals surface area contributed by atoms with E-state index < -0.39 is 6.10 Å². The summed E-state index contributed by atoms with van der Waals surface area (Å²) in [5.74, 6) is 0. The summed E-state index contributed by atoms with van der Waals surface area (Å²) in [6.07, 6.45) is 5.98. The lowest BCUT2D eigenvalue weighted by Crippen LogP contribution is -2.44. The van der Waals surface area contributed by atoms with E-state index in [1.165, 1.54) is 0 Å². The lowest BCUT2D eigenvalue weighted by atomic mass is 9.74. The summed E-state index contributed by atoms with van der Waals surface area (Å²) < 4.78 is 7.11. The zero-order chi connectivity index (χ0) is 10.2. The number of hydrogen-bond acceptors (Lipinski definition) is 3. The Kier molecular flexibility index (Phi) is 2.33. The van der Waals surface area contributed by atoms with Gasteiger partial charge in [-0.15, -0.1) is 0 Å². The van der Waals surface area contributed by atoms with Crippen molar-refractivity contribution in [2.75, 3.05) is 7.11 Å². The predicted octanol–water partition coefficient (Wildman–Crippen LogP) is 1.02. The number of ether oxygens (including phenoxy) is 1. The Balaban J connectivity index is 2.18. The van der Waals surface area contributed by atoms with Gasteiger partial charge in [-0.25, -0.2) is 0 Å². The minimum Gasteiger partial charge on any atom is -0.385 e. The topological polar surface area (TPSA) is 47.3 Å². The lowest BCUT2D eigenvalue weighted by molar-refractivity contribution is -0.151. The third kappa shape index (κ3) is 1.35. The van der Waals surface area contributed by atoms with E-state index >= 15 is 0 Å². The van der Waals surface area contributed by atoms with E-state index in [0.29, 0.717) is 0 Å². The number of aryl methyl sites for hydroxylation is 1. The van der Waals surface area contributed by atoms with Crippen LogP contribution in [0.15, 0.2) is 12.4 Å². The Morgan fingerprint density at radius 3 is 2.71 bits per heavy atom. The highest BCUT2D eigenvalue weighted by Crippen LogP contribution is 2.44. The van der Waals surface area contributed by atoms with Gasteiger partial charge in [-0.1, -0.05) is 0 Å². The van der Waals surface area contributed by atoms with Crippen molar-refractivity contribution in [1.82, 2.24) is 9.78 Å². The number of methoxy groups -OCH3 is 1. The quantitative estimate of drug-likeness (QED) is 0.785. The minimum absolute atomic E-state index is 0.358. The molecule has 4 heteroatoms. The Morgan fingerprint density at radius 2 is 2.36 bits per heavy atom. The summed E-state index contributed by atoms with van der Waals surface area (Å²) in [6.45, 7) is 0. The van der Waals surface area contributed by atoms with Crippen molar-refractivity contribution in [3.8, 4) is 0 Å². The first-order chi connectivity index (χ1) is 6.68. The number of aliphatic hydroxyl groups is 1. The van der Waals surface area contributed by atoms with Crippen LogP contribution < -0.4 is 0 Å². The summed E-state index contributed by atoms with van der Waals surface area (Å²) in [4.78, 5) is 0. The molecule has 1 aromatic heterocycles. The smallest absolute Gasteiger partial charge is 0.111 e. The Bertz CT molecular complexity index is 312. The highest BCUT2D eigenvalue weighted by Gasteiger charge is 2.44. The van der Waals surface area contributed by atoms with Crippen molar-refractivity contribution in [2.45, 2.75) is 31.0 Å². The minimum atomic E-state index is -0.546. The SMILES string of the molecule is COC1(C(O)c2cnn(C)c2)CCC1. The summed E-state index contributed by atoms with van der Waals surface area (Å²) in [6, 6.07) is 0. The van der Waals surface area contributed by atoms with Crippen molar-refractivity contribution >= 4 is 0 Å². The van der Waals surface area contributed by atoms with Gasteiger partial charge < -0.3 is 9.84 Å². The summed E-state index contributed by atoms with van der Waals surface area (Å²) in [7, 11) is 3.51. The second-order valence-corrected chi connectivity index (χ2v) is 3.97. The van der Waals surface area contributed by atoms with Gasteiger partial charge in [-0.2, -0.15) is 5.10 Å². The standard InChI is InChI=1S/C10H16N2O2/c1-12-7-8(6-11-12)9(13)10(14-2)4-3-5-10/h6-7,9,13H,3-5H2,1-2H3. The van der Waals surface area contributed by atoms with Gasteiger partial charge >= 0.3 is 0 Å². The van der Waals surface area contributed by atoms with Gasteiger partial charge in [0.2, 0.25) is 0 Å². The molecule has 1 atom stereocenters. The van der Waals surface area contributed by atoms with Crippen LogP contribution in [0, 0.1) is 0 Å². The van der Waals surface area contributed by atoms with Crippen molar-refractivity contribution in [3.05, 3.63) is 18.0 Å². The van der Waals surface area contributed by atoms with Gasteiger partial charge in [-0.3, -0.25) is 4.68 Å². The summed E-state index contributed by atoms with van der Waals surface area (Å²) in [5, 5.41) is 14.2. The number of nitrogens with zero attached hydrogens (tertiary/aromatic N) is 2. The van der Waals surface area contributed by atoms with Gasteiger partial charge in [0.05, 0.1) is 11.8 Å². The van der Waals surface area contributed by atoms with E-state index in [2.05, 4.69) is 5.10 Å². The van der Waals surface area contributed by atoms with Gasteiger partial charge in [0.1, 0.15) is 6.10 Å². The van der Waals surface area contributed by atoms with Gasteiger partial charge in [0.15, 0.2) is 0 Å². The predicted molar refractivity (Wildman–Crippen MR) is 51.8 cm³/mol. The molecule has 1 fully saturated rings. The molecule has 1 saturated carbocycles. The van der Waals surface area contributed by atoms with Crippen LogP contribution in [0.3, 0.4) is 0 Å². The Morgan fingerprint density at radius 1 is 1.64 bits per heavy atom. The van der Waals surface area contributed by atoms with E-state index in [1.54, 1.807) is 18.0 Å². The zero-order valence-corrected chi connectivity index (χ0v) is 8.60. The van der Waals surface area contributed by atoms with Crippen molar-refractivity contribution in [2.24, 2.45) is 7.05 Å². The first-order valence-electron chi connectivity index (χ1n) is 4.90. The van der Waals surface area contributed by atoms with Gasteiger partial charge in [0.25, 0.3) is 0 Å². The molecule has 0 bridgehead atoms. The van der Waals surface area contributed by atoms with Crippen LogP contribution in [-0.2, 0) is 11.8 Å². The van der Waals surface area contributed by atoms with Crippen molar-refractivity contribution < 1.29 is 9.84 Å². The van der Waals surface area contributed by atoms with Crippen LogP contribution in [0.1, 0.15) is 30.9 Å². The molecule has 1 aliphatic rings. The fourth-order valence-corrected chi connectivity index (χ4v) is 2.00. The third-order valence-corrected chi connectivity index (χ3v) is 3.15. The molecule has 4 nitrogen and oxygen atoms in total. The molecule has 0 aromatic carbocycles. The Labute approximate surface area is 83.5 Å². The number of hydrogen-bond donors (Lipinski definition) is 1. The van der Waals surface area contributed by atoms with Crippen molar-refractivity contribution in [3.63, 3.8) is 0 Å². The second-order valence-electron chi connectivity index (χ2n) is 3.97. The van der Waals surface area contributed by atoms with Crippen LogP contribution in [0.5, 0.6) is 0 Å². The number of aliphatic hydroxyl groups excluding tert-OH is 1. The molecule has 0 radical (unpaired) electrons. The monoisotopic (exact) mass is 196 g/mol. The first-order valence-corrected chi connectivity index (χ1v) is 4.90. The van der Waals surface area contributed by atoms with E-state index in [9.17, 15) is 5.11 Å². The van der Waals surface area contributed by atoms with E-state index in [1.807, 2.05) is 13.2 Å². The molecule has 0 spiro atoms. The molecule has 1 heterocycles. The molecule has 1 N–H and O–H groups in total. The number of rotatable bonds is 3. The molecule has 1 unspecified atom stereocenters. The zero-order valence-electron chi connectivity index (χ0n) is 8.60. The third-order valence-electron chi connectivity index (χ3n) is 3.15. The van der Waals surface area contributed by atoms with Gasteiger partial charge in [0, 0.05) is 25.9 Å². The van der Waals surface area contributed by atoms with E-state index in [4.69, 9.17) is 4.74 Å². The van der Waals surface area contributed by atoms with Gasteiger partial charge in [-0.05, 0) is 19.3 Å². The lowest BCUT2D eigenvalue weighted by Gasteiger charge is -2.43. The fourth-order valence-electron chi connectivity index (χ4n) is 2.00. The maximum Gasteiger partial charge on any atom is 0.111 e. The van der Waals surface area contributed by atoms with Crippen LogP contribution in [0.4, 0.5) is 0 Å². The largest absolute Gasteiger partial charge is 0.385 e. The molecule has 78 valence electrons. The van der Waals surface area contributed by atoms with Crippen LogP contribution in [0.25, 0.3) is 0 Å². The molecule has 1 aliphatic carbocycles. The van der Waals surface area contributed by atoms with Crippen molar-refractivity contribution in [1.29, 1.82) is 0 Å². The molecule has 0 aliphatic heterocycles. The molecular formula is C10H16N2O2. The molecule has 0 amide bonds. The molecule has 14 heavy (non-hydrogen) atoms. The molecule has 1 aromatic rings. The number of aromatic nitrogens is 2. The van der Waals surface area contributed by atoms with Crippen LogP contribution in [0.2, 0.25) is 0 Å². The van der Waals surface area contributed by atoms with E-state index in [-0.39, 0.29) is 5.60 Å². The first kappa shape index (κ1) is 9.68. The maximum atomic E-state index is 10.1. The van der Waals surface area contributed by atoms with Crippen LogP contribution >= 0.6 is 0 Å². The molecule has 2 rings (SSSR count). The summed E-state index contributed by atoms with van der Waals surface area (Å²) in [5.41, 5.74) is 0.484. The van der Waals surface area contributed by atoms with Crippen LogP contribution in [-0.4, -0.2) is 27.6 Å². The second kappa shape index (κ2) is 3.37. The summed E-state index contributed by atoms with van der Waals surface area (Å²) >= 11 is 0. The average molecular weight is 196 g/mol. The fraction of sp³-hybridized carbons (Fsp3) is 0.700. The van der Waals surface area contributed by atoms with E-state index in [0.717, 1.165) is 24.8 Å². The average Bonchev–Trinajstić information content (AvgIpc) is 2.50.